The maximum absolute atomic E-state index is 12.2. The van der Waals surface area contributed by atoms with Crippen molar-refractivity contribution < 1.29 is 4.79 Å². The zero-order valence-corrected chi connectivity index (χ0v) is 11.7. The molecule has 0 heterocycles. The highest BCUT2D eigenvalue weighted by Crippen LogP contribution is 2.33. The van der Waals surface area contributed by atoms with Crippen LogP contribution in [0.1, 0.15) is 66.7 Å². The number of Topliss-reactive ketones (excluding diaryl/α,β-unsaturated/α-hetero) is 1. The molecule has 1 unspecified atom stereocenters. The summed E-state index contributed by atoms with van der Waals surface area (Å²) in [5, 5.41) is 0. The molecule has 94 valence electrons. The summed E-state index contributed by atoms with van der Waals surface area (Å²) in [5.41, 5.74) is 0.262. The van der Waals surface area contributed by atoms with Crippen LogP contribution in [0, 0.1) is 23.2 Å². The quantitative estimate of drug-likeness (QED) is 0.692. The monoisotopic (exact) mass is 224 g/mol. The van der Waals surface area contributed by atoms with Crippen LogP contribution in [0.4, 0.5) is 0 Å². The van der Waals surface area contributed by atoms with E-state index in [-0.39, 0.29) is 5.41 Å². The smallest absolute Gasteiger partial charge is 0.136 e. The summed E-state index contributed by atoms with van der Waals surface area (Å²) in [6.45, 7) is 11.2. The molecule has 1 aliphatic carbocycles. The van der Waals surface area contributed by atoms with Crippen molar-refractivity contribution in [2.24, 2.45) is 23.2 Å². The summed E-state index contributed by atoms with van der Waals surface area (Å²) in [4.78, 5) is 12.2. The number of hydrogen-bond donors (Lipinski definition) is 0. The molecule has 1 saturated carbocycles. The van der Waals surface area contributed by atoms with Crippen LogP contribution in [0.25, 0.3) is 0 Å². The van der Waals surface area contributed by atoms with Crippen LogP contribution in [-0.4, -0.2) is 5.78 Å². The molecule has 1 rings (SSSR count). The summed E-state index contributed by atoms with van der Waals surface area (Å²) < 4.78 is 0. The first kappa shape index (κ1) is 13.7. The fourth-order valence-corrected chi connectivity index (χ4v) is 2.36. The fraction of sp³-hybridized carbons (Fsp3) is 0.933. The molecule has 0 bridgehead atoms. The highest BCUT2D eigenvalue weighted by atomic mass is 16.1. The number of ketones is 1. The van der Waals surface area contributed by atoms with Crippen molar-refractivity contribution in [1.29, 1.82) is 0 Å². The molecule has 0 aromatic carbocycles. The van der Waals surface area contributed by atoms with Crippen molar-refractivity contribution in [3.63, 3.8) is 0 Å². The van der Waals surface area contributed by atoms with E-state index in [1.807, 2.05) is 0 Å². The molecule has 1 fully saturated rings. The maximum Gasteiger partial charge on any atom is 0.136 e. The molecule has 0 spiro atoms. The van der Waals surface area contributed by atoms with Crippen molar-refractivity contribution in [3.8, 4) is 0 Å². The molecule has 0 saturated heterocycles. The zero-order chi connectivity index (χ0) is 12.3. The molecule has 0 aromatic rings. The number of hydrogen-bond acceptors (Lipinski definition) is 1. The molecular formula is C15H28O. The second-order valence-electron chi connectivity index (χ2n) is 6.89. The van der Waals surface area contributed by atoms with Gasteiger partial charge in [-0.2, -0.15) is 0 Å². The third-order valence-electron chi connectivity index (χ3n) is 4.46. The van der Waals surface area contributed by atoms with E-state index < -0.39 is 0 Å². The van der Waals surface area contributed by atoms with Gasteiger partial charge in [0, 0.05) is 12.3 Å². The Morgan fingerprint density at radius 3 is 2.12 bits per heavy atom. The largest absolute Gasteiger partial charge is 0.299 e. The van der Waals surface area contributed by atoms with Gasteiger partial charge in [0.05, 0.1) is 0 Å². The maximum atomic E-state index is 12.2. The molecular weight excluding hydrogens is 196 g/mol. The highest BCUT2D eigenvalue weighted by Gasteiger charge is 2.28. The zero-order valence-electron chi connectivity index (χ0n) is 11.7. The fourth-order valence-electron chi connectivity index (χ4n) is 2.36. The van der Waals surface area contributed by atoms with Crippen LogP contribution in [-0.2, 0) is 4.79 Å². The lowest BCUT2D eigenvalue weighted by Crippen LogP contribution is -2.26. The van der Waals surface area contributed by atoms with Crippen LogP contribution >= 0.6 is 0 Å². The lowest BCUT2D eigenvalue weighted by molar-refractivity contribution is -0.125. The lowest BCUT2D eigenvalue weighted by atomic mass is 9.74. The van der Waals surface area contributed by atoms with Gasteiger partial charge in [-0.3, -0.25) is 4.79 Å². The second kappa shape index (κ2) is 5.33. The van der Waals surface area contributed by atoms with Crippen LogP contribution in [0.2, 0.25) is 0 Å². The highest BCUT2D eigenvalue weighted by molar-refractivity contribution is 5.81. The topological polar surface area (TPSA) is 17.1 Å². The van der Waals surface area contributed by atoms with Crippen molar-refractivity contribution in [3.05, 3.63) is 0 Å². The minimum Gasteiger partial charge on any atom is -0.299 e. The third kappa shape index (κ3) is 3.92. The van der Waals surface area contributed by atoms with Crippen LogP contribution in [0.5, 0.6) is 0 Å². The summed E-state index contributed by atoms with van der Waals surface area (Å²) in [6.07, 6.45) is 5.55. The number of carbonyl (C=O) groups excluding carboxylic acids is 1. The normalized spacial score (nSPS) is 28.8. The Labute approximate surface area is 101 Å². The predicted octanol–water partition coefficient (Wildman–Crippen LogP) is 4.45. The van der Waals surface area contributed by atoms with Crippen molar-refractivity contribution in [2.45, 2.75) is 66.7 Å². The number of rotatable bonds is 3. The first-order valence-electron chi connectivity index (χ1n) is 6.83. The van der Waals surface area contributed by atoms with E-state index in [4.69, 9.17) is 0 Å². The van der Waals surface area contributed by atoms with Gasteiger partial charge >= 0.3 is 0 Å². The molecule has 0 amide bonds. The van der Waals surface area contributed by atoms with Crippen LogP contribution in [0.15, 0.2) is 0 Å². The van der Waals surface area contributed by atoms with Gasteiger partial charge in [0.15, 0.2) is 0 Å². The molecule has 1 nitrogen and oxygen atoms in total. The van der Waals surface area contributed by atoms with Gasteiger partial charge in [0.1, 0.15) is 5.78 Å². The molecule has 0 aliphatic heterocycles. The van der Waals surface area contributed by atoms with E-state index in [1.165, 1.54) is 12.8 Å². The average Bonchev–Trinajstić information content (AvgIpc) is 2.17. The molecule has 1 heteroatoms. The van der Waals surface area contributed by atoms with E-state index in [2.05, 4.69) is 34.6 Å². The van der Waals surface area contributed by atoms with Gasteiger partial charge in [0.2, 0.25) is 0 Å². The van der Waals surface area contributed by atoms with Crippen molar-refractivity contribution in [1.82, 2.24) is 0 Å². The Hall–Kier alpha value is -0.330. The SMILES string of the molecule is CC1CCC(C(=O)CC(C)C(C)(C)C)CC1. The average molecular weight is 224 g/mol. The standard InChI is InChI=1S/C15H28O/c1-11-6-8-13(9-7-11)14(16)10-12(2)15(3,4)5/h11-13H,6-10H2,1-5H3. The van der Waals surface area contributed by atoms with Gasteiger partial charge < -0.3 is 0 Å². The minimum atomic E-state index is 0.262. The number of carbonyl (C=O) groups is 1. The van der Waals surface area contributed by atoms with Crippen LogP contribution in [0.3, 0.4) is 0 Å². The van der Waals surface area contributed by atoms with Crippen LogP contribution < -0.4 is 0 Å². The second-order valence-corrected chi connectivity index (χ2v) is 6.89. The Morgan fingerprint density at radius 2 is 1.69 bits per heavy atom. The van der Waals surface area contributed by atoms with E-state index in [0.717, 1.165) is 25.2 Å². The summed E-state index contributed by atoms with van der Waals surface area (Å²) in [5.74, 6) is 2.23. The summed E-state index contributed by atoms with van der Waals surface area (Å²) in [6, 6.07) is 0. The van der Waals surface area contributed by atoms with Crippen molar-refractivity contribution in [2.75, 3.05) is 0 Å². The van der Waals surface area contributed by atoms with Crippen molar-refractivity contribution >= 4 is 5.78 Å². The molecule has 0 N–H and O–H groups in total. The van der Waals surface area contributed by atoms with Gasteiger partial charge in [-0.1, -0.05) is 47.5 Å². The third-order valence-corrected chi connectivity index (χ3v) is 4.46. The Bertz CT molecular complexity index is 228. The summed E-state index contributed by atoms with van der Waals surface area (Å²) in [7, 11) is 0. The molecule has 1 atom stereocenters. The Kier molecular flexibility index (Phi) is 4.58. The Balaban J connectivity index is 2.41. The molecule has 1 aliphatic rings. The van der Waals surface area contributed by atoms with Gasteiger partial charge in [-0.05, 0) is 30.1 Å². The first-order chi connectivity index (χ1) is 7.30. The first-order valence-corrected chi connectivity index (χ1v) is 6.83. The van der Waals surface area contributed by atoms with E-state index >= 15 is 0 Å². The van der Waals surface area contributed by atoms with Gasteiger partial charge in [0.25, 0.3) is 0 Å². The molecule has 16 heavy (non-hydrogen) atoms. The van der Waals surface area contributed by atoms with Gasteiger partial charge in [-0.25, -0.2) is 0 Å². The van der Waals surface area contributed by atoms with Gasteiger partial charge in [-0.15, -0.1) is 0 Å². The predicted molar refractivity (Wildman–Crippen MR) is 69.4 cm³/mol. The Morgan fingerprint density at radius 1 is 1.19 bits per heavy atom. The van der Waals surface area contributed by atoms with E-state index in [9.17, 15) is 4.79 Å². The molecule has 0 aromatic heterocycles. The minimum absolute atomic E-state index is 0.262. The lowest BCUT2D eigenvalue weighted by Gasteiger charge is -2.30. The summed E-state index contributed by atoms with van der Waals surface area (Å²) >= 11 is 0. The van der Waals surface area contributed by atoms with E-state index in [1.54, 1.807) is 0 Å². The molecule has 0 radical (unpaired) electrons. The van der Waals surface area contributed by atoms with E-state index in [0.29, 0.717) is 17.6 Å².